The van der Waals surface area contributed by atoms with Gasteiger partial charge in [0.15, 0.2) is 0 Å². The molecule has 2 atom stereocenters. The minimum atomic E-state index is -0.379. The smallest absolute Gasteiger partial charge is 0.144 e. The van der Waals surface area contributed by atoms with Crippen molar-refractivity contribution in [1.82, 2.24) is 4.98 Å². The van der Waals surface area contributed by atoms with Gasteiger partial charge in [0.05, 0.1) is 30.4 Å². The second-order valence-electron chi connectivity index (χ2n) is 4.73. The average molecular weight is 232 g/mol. The molecule has 2 rings (SSSR count). The van der Waals surface area contributed by atoms with Gasteiger partial charge in [-0.2, -0.15) is 5.26 Å². The van der Waals surface area contributed by atoms with Gasteiger partial charge in [-0.3, -0.25) is 4.98 Å². The van der Waals surface area contributed by atoms with Crippen LogP contribution in [0.25, 0.3) is 0 Å². The molecule has 0 bridgehead atoms. The van der Waals surface area contributed by atoms with Gasteiger partial charge in [0.25, 0.3) is 0 Å². The monoisotopic (exact) mass is 232 g/mol. The highest BCUT2D eigenvalue weighted by molar-refractivity contribution is 5.46. The largest absolute Gasteiger partial charge is 0.506 e. The Morgan fingerprint density at radius 1 is 1.59 bits per heavy atom. The molecule has 1 aliphatic rings. The molecule has 0 amide bonds. The molecule has 2 heterocycles. The van der Waals surface area contributed by atoms with E-state index in [2.05, 4.69) is 11.1 Å². The van der Waals surface area contributed by atoms with Crippen molar-refractivity contribution < 1.29 is 9.84 Å². The van der Waals surface area contributed by atoms with Crippen molar-refractivity contribution in [2.45, 2.75) is 39.4 Å². The van der Waals surface area contributed by atoms with Crippen LogP contribution in [0.5, 0.6) is 5.75 Å². The zero-order valence-corrected chi connectivity index (χ0v) is 10.3. The van der Waals surface area contributed by atoms with E-state index in [1.165, 1.54) is 0 Å². The first-order chi connectivity index (χ1) is 8.06. The van der Waals surface area contributed by atoms with E-state index < -0.39 is 0 Å². The topological polar surface area (TPSA) is 66.1 Å². The van der Waals surface area contributed by atoms with Gasteiger partial charge in [0.2, 0.25) is 0 Å². The molecule has 0 radical (unpaired) electrons. The Morgan fingerprint density at radius 3 is 2.88 bits per heavy atom. The fourth-order valence-electron chi connectivity index (χ4n) is 2.12. The summed E-state index contributed by atoms with van der Waals surface area (Å²) in [7, 11) is 0. The highest BCUT2D eigenvalue weighted by Gasteiger charge is 2.28. The summed E-state index contributed by atoms with van der Waals surface area (Å²) in [5.41, 5.74) is 2.18. The Hall–Kier alpha value is -1.60. The third-order valence-electron chi connectivity index (χ3n) is 3.24. The molecule has 0 aromatic carbocycles. The Labute approximate surface area is 101 Å². The van der Waals surface area contributed by atoms with Crippen LogP contribution in [-0.2, 0) is 11.3 Å². The fourth-order valence-corrected chi connectivity index (χ4v) is 2.12. The number of hydrogen-bond donors (Lipinski definition) is 1. The summed E-state index contributed by atoms with van der Waals surface area (Å²) in [4.78, 5) is 4.24. The molecule has 0 saturated heterocycles. The van der Waals surface area contributed by atoms with Gasteiger partial charge in [-0.15, -0.1) is 0 Å². The molecule has 1 aliphatic heterocycles. The van der Waals surface area contributed by atoms with Crippen LogP contribution >= 0.6 is 0 Å². The second kappa shape index (κ2) is 4.34. The van der Waals surface area contributed by atoms with Crippen LogP contribution in [0.15, 0.2) is 6.20 Å². The summed E-state index contributed by atoms with van der Waals surface area (Å²) in [6, 6.07) is 2.20. The number of nitrogens with zero attached hydrogens (tertiary/aromatic N) is 2. The summed E-state index contributed by atoms with van der Waals surface area (Å²) in [6.45, 7) is 6.22. The third kappa shape index (κ3) is 1.87. The van der Waals surface area contributed by atoms with E-state index in [1.807, 2.05) is 20.8 Å². The maximum Gasteiger partial charge on any atom is 0.144 e. The van der Waals surface area contributed by atoms with Crippen molar-refractivity contribution in [2.75, 3.05) is 0 Å². The quantitative estimate of drug-likeness (QED) is 0.851. The Morgan fingerprint density at radius 2 is 2.29 bits per heavy atom. The van der Waals surface area contributed by atoms with Crippen molar-refractivity contribution >= 4 is 0 Å². The number of aromatic hydroxyl groups is 1. The summed E-state index contributed by atoms with van der Waals surface area (Å²) in [5, 5.41) is 19.3. The van der Waals surface area contributed by atoms with Gasteiger partial charge < -0.3 is 9.84 Å². The van der Waals surface area contributed by atoms with Crippen molar-refractivity contribution in [2.24, 2.45) is 5.92 Å². The lowest BCUT2D eigenvalue weighted by Crippen LogP contribution is -2.08. The first kappa shape index (κ1) is 11.9. The molecule has 0 aliphatic carbocycles. The molecule has 90 valence electrons. The number of rotatable bonds is 2. The van der Waals surface area contributed by atoms with Gasteiger partial charge in [0.1, 0.15) is 5.75 Å². The molecule has 1 aromatic heterocycles. The van der Waals surface area contributed by atoms with Crippen LogP contribution < -0.4 is 0 Å². The summed E-state index contributed by atoms with van der Waals surface area (Å²) >= 11 is 0. The van der Waals surface area contributed by atoms with E-state index >= 15 is 0 Å². The summed E-state index contributed by atoms with van der Waals surface area (Å²) in [6.07, 6.45) is 1.69. The average Bonchev–Trinajstić information content (AvgIpc) is 2.65. The van der Waals surface area contributed by atoms with Gasteiger partial charge in [-0.05, 0) is 12.8 Å². The highest BCUT2D eigenvalue weighted by atomic mass is 16.5. The summed E-state index contributed by atoms with van der Waals surface area (Å²) < 4.78 is 5.45. The predicted molar refractivity (Wildman–Crippen MR) is 62.3 cm³/mol. The van der Waals surface area contributed by atoms with Crippen molar-refractivity contribution in [3.05, 3.63) is 23.0 Å². The molecule has 2 unspecified atom stereocenters. The van der Waals surface area contributed by atoms with E-state index in [-0.39, 0.29) is 23.7 Å². The second-order valence-corrected chi connectivity index (χ2v) is 4.73. The van der Waals surface area contributed by atoms with E-state index in [0.29, 0.717) is 12.3 Å². The first-order valence-corrected chi connectivity index (χ1v) is 5.78. The maximum absolute atomic E-state index is 10.2. The molecular formula is C13H16N2O2. The molecule has 4 nitrogen and oxygen atoms in total. The lowest BCUT2D eigenvalue weighted by molar-refractivity contribution is 0.0790. The normalized spacial score (nSPS) is 20.1. The van der Waals surface area contributed by atoms with E-state index in [9.17, 15) is 5.11 Å². The number of pyridine rings is 1. The Kier molecular flexibility index (Phi) is 3.03. The van der Waals surface area contributed by atoms with E-state index in [0.717, 1.165) is 11.1 Å². The van der Waals surface area contributed by atoms with Crippen molar-refractivity contribution in [3.8, 4) is 11.8 Å². The predicted octanol–water partition coefficient (Wildman–Crippen LogP) is 2.64. The van der Waals surface area contributed by atoms with Gasteiger partial charge in [-0.1, -0.05) is 13.8 Å². The molecule has 1 aromatic rings. The number of hydrogen-bond acceptors (Lipinski definition) is 4. The highest BCUT2D eigenvalue weighted by Crippen LogP contribution is 2.39. The van der Waals surface area contributed by atoms with Crippen LogP contribution in [0, 0.1) is 17.2 Å². The standard InChI is InChI=1S/C13H16N2O2/c1-7(2)9(4-14)12-13(16)11-6-17-8(3)10(11)5-15-12/h5,7-9,16H,6H2,1-3H3. The van der Waals surface area contributed by atoms with Gasteiger partial charge in [-0.25, -0.2) is 0 Å². The number of aromatic nitrogens is 1. The van der Waals surface area contributed by atoms with E-state index in [4.69, 9.17) is 10.00 Å². The number of fused-ring (bicyclic) bond motifs is 1. The SMILES string of the molecule is CC1OCc2c1cnc(C(C#N)C(C)C)c2O. The lowest BCUT2D eigenvalue weighted by Gasteiger charge is -2.15. The Balaban J connectivity index is 2.49. The molecule has 0 fully saturated rings. The molecule has 1 N–H and O–H groups in total. The number of nitriles is 1. The van der Waals surface area contributed by atoms with Crippen LogP contribution in [-0.4, -0.2) is 10.1 Å². The fraction of sp³-hybridized carbons (Fsp3) is 0.538. The zero-order chi connectivity index (χ0) is 12.6. The van der Waals surface area contributed by atoms with Gasteiger partial charge in [0, 0.05) is 17.3 Å². The van der Waals surface area contributed by atoms with Crippen LogP contribution in [0.2, 0.25) is 0 Å². The minimum Gasteiger partial charge on any atom is -0.506 e. The lowest BCUT2D eigenvalue weighted by atomic mass is 9.91. The van der Waals surface area contributed by atoms with Crippen LogP contribution in [0.4, 0.5) is 0 Å². The van der Waals surface area contributed by atoms with Crippen molar-refractivity contribution in [3.63, 3.8) is 0 Å². The van der Waals surface area contributed by atoms with E-state index in [1.54, 1.807) is 6.20 Å². The van der Waals surface area contributed by atoms with Crippen LogP contribution in [0.3, 0.4) is 0 Å². The van der Waals surface area contributed by atoms with Crippen molar-refractivity contribution in [1.29, 1.82) is 5.26 Å². The molecule has 0 spiro atoms. The van der Waals surface area contributed by atoms with Gasteiger partial charge >= 0.3 is 0 Å². The third-order valence-corrected chi connectivity index (χ3v) is 3.24. The molecule has 4 heteroatoms. The minimum absolute atomic E-state index is 0.0305. The molecule has 0 saturated carbocycles. The molecule has 17 heavy (non-hydrogen) atoms. The Bertz CT molecular complexity index is 477. The van der Waals surface area contributed by atoms with Crippen LogP contribution in [0.1, 0.15) is 49.6 Å². The summed E-state index contributed by atoms with van der Waals surface area (Å²) in [5.74, 6) is -0.125. The first-order valence-electron chi connectivity index (χ1n) is 5.78. The molecular weight excluding hydrogens is 216 g/mol. The zero-order valence-electron chi connectivity index (χ0n) is 10.3. The maximum atomic E-state index is 10.2. The number of ether oxygens (including phenoxy) is 1.